The summed E-state index contributed by atoms with van der Waals surface area (Å²) >= 11 is 1.54. The molecule has 4 aromatic rings. The van der Waals surface area contributed by atoms with Crippen LogP contribution in [0.3, 0.4) is 0 Å². The van der Waals surface area contributed by atoms with Crippen molar-refractivity contribution < 1.29 is 32.3 Å². The van der Waals surface area contributed by atoms with Crippen molar-refractivity contribution in [1.29, 1.82) is 0 Å². The maximum atomic E-state index is 14.6. The summed E-state index contributed by atoms with van der Waals surface area (Å²) in [5, 5.41) is 19.6. The lowest BCUT2D eigenvalue weighted by molar-refractivity contribution is -0.136. The van der Waals surface area contributed by atoms with Crippen LogP contribution in [0, 0.1) is 18.7 Å². The predicted molar refractivity (Wildman–Crippen MR) is 227 cm³/mol. The van der Waals surface area contributed by atoms with Gasteiger partial charge in [0, 0.05) is 53.8 Å². The van der Waals surface area contributed by atoms with Crippen molar-refractivity contribution in [2.24, 2.45) is 5.92 Å². The van der Waals surface area contributed by atoms with Gasteiger partial charge in [-0.1, -0.05) is 55.2 Å². The number of unbranched alkanes of at least 4 members (excludes halogenated alkanes) is 4. The fourth-order valence-corrected chi connectivity index (χ4v) is 11.8. The number of piperidine rings is 1. The number of fused-ring (bicyclic) bond motifs is 4. The molecule has 2 fully saturated rings. The number of rotatable bonds is 15. The molecule has 4 N–H and O–H groups in total. The van der Waals surface area contributed by atoms with Gasteiger partial charge in [0.1, 0.15) is 11.9 Å². The van der Waals surface area contributed by atoms with Crippen LogP contribution in [0.15, 0.2) is 88.7 Å². The normalized spacial score (nSPS) is 21.5. The molecule has 4 atom stereocenters. The number of benzene rings is 4. The monoisotopic (exact) mass is 839 g/mol. The van der Waals surface area contributed by atoms with Gasteiger partial charge in [-0.2, -0.15) is 4.31 Å². The van der Waals surface area contributed by atoms with Gasteiger partial charge in [-0.25, -0.2) is 12.8 Å². The lowest BCUT2D eigenvalue weighted by Crippen LogP contribution is -2.52. The smallest absolute Gasteiger partial charge is 0.255 e. The number of imide groups is 1. The number of anilines is 2. The maximum absolute atomic E-state index is 14.6. The van der Waals surface area contributed by atoms with E-state index < -0.39 is 27.8 Å². The number of hydrogen-bond acceptors (Lipinski definition) is 9. The Labute approximate surface area is 349 Å². The van der Waals surface area contributed by atoms with Crippen LogP contribution < -0.4 is 16.0 Å². The number of nitrogens with one attached hydrogen (secondary N) is 3. The molecule has 14 heteroatoms. The Morgan fingerprint density at radius 1 is 0.915 bits per heavy atom. The van der Waals surface area contributed by atoms with E-state index >= 15 is 0 Å². The lowest BCUT2D eigenvalue weighted by Gasteiger charge is -2.39. The first kappa shape index (κ1) is 41.0. The van der Waals surface area contributed by atoms with E-state index in [1.165, 1.54) is 17.0 Å². The van der Waals surface area contributed by atoms with Crippen molar-refractivity contribution in [1.82, 2.24) is 14.5 Å². The summed E-state index contributed by atoms with van der Waals surface area (Å²) in [7, 11) is -3.76. The molecule has 4 aromatic carbocycles. The van der Waals surface area contributed by atoms with Gasteiger partial charge in [-0.05, 0) is 109 Å². The minimum atomic E-state index is -3.76. The third-order valence-electron chi connectivity index (χ3n) is 12.1. The molecule has 3 amide bonds. The molecule has 0 aromatic heterocycles. The van der Waals surface area contributed by atoms with E-state index in [0.717, 1.165) is 88.5 Å². The van der Waals surface area contributed by atoms with E-state index in [4.69, 9.17) is 0 Å². The molecular weight excluding hydrogens is 790 g/mol. The average Bonchev–Trinajstić information content (AvgIpc) is 3.83. The highest BCUT2D eigenvalue weighted by molar-refractivity contribution is 7.99. The van der Waals surface area contributed by atoms with Crippen LogP contribution >= 0.6 is 11.8 Å². The van der Waals surface area contributed by atoms with Crippen molar-refractivity contribution in [3.8, 4) is 11.1 Å². The lowest BCUT2D eigenvalue weighted by atomic mass is 9.82. The number of amides is 3. The Morgan fingerprint density at radius 3 is 2.49 bits per heavy atom. The SMILES string of the molecule is Cc1ccc(S(=O)(=O)N2CC[C@@H]3[C@H](CO)Nc4ccc(-c5cccc(NCCCCCCCSc6cc(F)cc7c6CN(C6CCC(=O)NC6=O)C7=O)c5)cc4[C@@H]32)cc1. The van der Waals surface area contributed by atoms with Crippen LogP contribution in [0.25, 0.3) is 11.1 Å². The standard InChI is InChI=1S/C45H50FN5O6S2/c1-28-10-13-33(14-11-28)59(56,57)51-20-18-34-39(27-52)48-38-15-12-30(23-36(38)43(34)51)29-8-7-9-32(22-29)47-19-5-3-2-4-6-21-58-41-25-31(46)24-35-37(41)26-50(45(35)55)40-16-17-42(53)49-44(40)54/h7-15,22-25,34,39-40,43,47-48,52H,2-6,16-21,26-27H2,1H3,(H,49,53,54)/t34-,39+,40?,43-/m1/s1. The van der Waals surface area contributed by atoms with Gasteiger partial charge in [0.2, 0.25) is 21.8 Å². The molecule has 11 nitrogen and oxygen atoms in total. The Morgan fingerprint density at radius 2 is 1.69 bits per heavy atom. The zero-order valence-electron chi connectivity index (χ0n) is 33.1. The van der Waals surface area contributed by atoms with E-state index in [-0.39, 0.29) is 60.7 Å². The molecule has 4 heterocycles. The summed E-state index contributed by atoms with van der Waals surface area (Å²) in [5.41, 5.74) is 6.85. The number of carbonyl (C=O) groups is 3. The highest BCUT2D eigenvalue weighted by Gasteiger charge is 2.48. The number of carbonyl (C=O) groups excluding carboxylic acids is 3. The second-order valence-corrected chi connectivity index (χ2v) is 19.0. The van der Waals surface area contributed by atoms with Crippen LogP contribution in [-0.4, -0.2) is 78.0 Å². The highest BCUT2D eigenvalue weighted by Crippen LogP contribution is 2.49. The molecule has 0 spiro atoms. The van der Waals surface area contributed by atoms with Gasteiger partial charge < -0.3 is 20.6 Å². The third kappa shape index (κ3) is 8.50. The Hall–Kier alpha value is -4.76. The topological polar surface area (TPSA) is 148 Å². The number of sulfonamides is 1. The quantitative estimate of drug-likeness (QED) is 0.0552. The summed E-state index contributed by atoms with van der Waals surface area (Å²) < 4.78 is 44.2. The molecule has 4 aliphatic rings. The molecule has 0 aliphatic carbocycles. The van der Waals surface area contributed by atoms with Crippen LogP contribution in [0.2, 0.25) is 0 Å². The maximum Gasteiger partial charge on any atom is 0.255 e. The summed E-state index contributed by atoms with van der Waals surface area (Å²) in [6.45, 7) is 3.30. The molecule has 0 bridgehead atoms. The zero-order chi connectivity index (χ0) is 41.3. The molecule has 4 aliphatic heterocycles. The number of thioether (sulfide) groups is 1. The van der Waals surface area contributed by atoms with Gasteiger partial charge >= 0.3 is 0 Å². The van der Waals surface area contributed by atoms with Crippen molar-refractivity contribution in [3.63, 3.8) is 0 Å². The van der Waals surface area contributed by atoms with E-state index in [9.17, 15) is 32.3 Å². The number of aliphatic hydroxyl groups excluding tert-OH is 1. The van der Waals surface area contributed by atoms with Gasteiger partial charge in [-0.15, -0.1) is 11.8 Å². The molecule has 0 radical (unpaired) electrons. The van der Waals surface area contributed by atoms with Crippen LogP contribution in [0.1, 0.15) is 84.5 Å². The van der Waals surface area contributed by atoms with Crippen LogP contribution in [-0.2, 0) is 26.2 Å². The molecule has 310 valence electrons. The fourth-order valence-electron chi connectivity index (χ4n) is 9.02. The van der Waals surface area contributed by atoms with E-state index in [1.54, 1.807) is 28.2 Å². The number of aryl methyl sites for hydroxylation is 1. The van der Waals surface area contributed by atoms with E-state index in [0.29, 0.717) is 18.5 Å². The first-order chi connectivity index (χ1) is 28.5. The molecule has 8 rings (SSSR count). The fraction of sp³-hybridized carbons (Fsp3) is 0.400. The van der Waals surface area contributed by atoms with Gasteiger partial charge in [0.25, 0.3) is 5.91 Å². The Balaban J connectivity index is 0.825. The predicted octanol–water partition coefficient (Wildman–Crippen LogP) is 7.26. The summed E-state index contributed by atoms with van der Waals surface area (Å²) in [6, 6.07) is 22.8. The summed E-state index contributed by atoms with van der Waals surface area (Å²) in [6.07, 6.45) is 6.19. The Kier molecular flexibility index (Phi) is 12.1. The average molecular weight is 840 g/mol. The van der Waals surface area contributed by atoms with E-state index in [1.807, 2.05) is 37.3 Å². The first-order valence-corrected chi connectivity index (χ1v) is 23.0. The molecule has 2 saturated heterocycles. The minimum absolute atomic E-state index is 0.0595. The van der Waals surface area contributed by atoms with E-state index in [2.05, 4.69) is 40.2 Å². The number of nitrogens with zero attached hydrogens (tertiary/aromatic N) is 2. The van der Waals surface area contributed by atoms with Gasteiger partial charge in [0.15, 0.2) is 0 Å². The zero-order valence-corrected chi connectivity index (χ0v) is 34.7. The molecular formula is C45H50FN5O6S2. The summed E-state index contributed by atoms with van der Waals surface area (Å²) in [4.78, 5) is 39.7. The van der Waals surface area contributed by atoms with Crippen molar-refractivity contribution >= 4 is 50.9 Å². The second-order valence-electron chi connectivity index (χ2n) is 16.0. The molecule has 1 unspecified atom stereocenters. The van der Waals surface area contributed by atoms with Gasteiger partial charge in [-0.3, -0.25) is 19.7 Å². The van der Waals surface area contributed by atoms with Crippen molar-refractivity contribution in [2.45, 2.75) is 92.8 Å². The highest BCUT2D eigenvalue weighted by atomic mass is 32.2. The van der Waals surface area contributed by atoms with Gasteiger partial charge in [0.05, 0.1) is 23.6 Å². The van der Waals surface area contributed by atoms with Crippen LogP contribution in [0.5, 0.6) is 0 Å². The molecule has 0 saturated carbocycles. The first-order valence-electron chi connectivity index (χ1n) is 20.6. The third-order valence-corrected chi connectivity index (χ3v) is 15.2. The minimum Gasteiger partial charge on any atom is -0.394 e. The molecule has 59 heavy (non-hydrogen) atoms. The number of aliphatic hydroxyl groups is 1. The number of halogens is 1. The van der Waals surface area contributed by atoms with Crippen molar-refractivity contribution in [3.05, 3.63) is 107 Å². The van der Waals surface area contributed by atoms with Crippen molar-refractivity contribution in [2.75, 3.05) is 36.1 Å². The summed E-state index contributed by atoms with van der Waals surface area (Å²) in [5.74, 6) is -0.930. The van der Waals surface area contributed by atoms with Crippen LogP contribution in [0.4, 0.5) is 15.8 Å². The largest absolute Gasteiger partial charge is 0.394 e. The Bertz CT molecular complexity index is 2360. The number of hydrogen-bond donors (Lipinski definition) is 4. The second kappa shape index (κ2) is 17.5.